The monoisotopic (exact) mass is 502 g/mol. The summed E-state index contributed by atoms with van der Waals surface area (Å²) in [5.41, 5.74) is 2.92. The van der Waals surface area contributed by atoms with Crippen molar-refractivity contribution >= 4 is 23.3 Å². The molecule has 0 saturated carbocycles. The summed E-state index contributed by atoms with van der Waals surface area (Å²) in [7, 11) is 0. The number of aryl methyl sites for hydroxylation is 1. The molecule has 0 aliphatic carbocycles. The van der Waals surface area contributed by atoms with Gasteiger partial charge in [-0.2, -0.15) is 4.98 Å². The highest BCUT2D eigenvalue weighted by atomic mass is 16.6. The Morgan fingerprint density at radius 1 is 1.22 bits per heavy atom. The summed E-state index contributed by atoms with van der Waals surface area (Å²) in [6, 6.07) is 11.2. The molecule has 192 valence electrons. The zero-order chi connectivity index (χ0) is 26.2. The molecule has 37 heavy (non-hydrogen) atoms. The molecule has 10 nitrogen and oxygen atoms in total. The number of rotatable bonds is 5. The van der Waals surface area contributed by atoms with Crippen molar-refractivity contribution in [3.8, 4) is 11.4 Å². The summed E-state index contributed by atoms with van der Waals surface area (Å²) in [5, 5.41) is 7.13. The van der Waals surface area contributed by atoms with Crippen molar-refractivity contribution in [1.29, 1.82) is 0 Å². The van der Waals surface area contributed by atoms with Gasteiger partial charge >= 0.3 is 6.09 Å². The van der Waals surface area contributed by atoms with Gasteiger partial charge in [0.2, 0.25) is 11.7 Å². The average molecular weight is 503 g/mol. The van der Waals surface area contributed by atoms with E-state index < -0.39 is 5.60 Å². The molecule has 0 bridgehead atoms. The van der Waals surface area contributed by atoms with E-state index in [0.29, 0.717) is 48.3 Å². The number of ether oxygens (including phenoxy) is 1. The van der Waals surface area contributed by atoms with E-state index in [-0.39, 0.29) is 17.9 Å². The molecule has 3 aromatic heterocycles. The van der Waals surface area contributed by atoms with E-state index in [1.807, 2.05) is 64.1 Å². The van der Waals surface area contributed by atoms with Crippen LogP contribution in [0.4, 0.5) is 10.5 Å². The molecule has 2 amide bonds. The standard InChI is InChI=1S/C27H30N6O4/c1-17-8-9-19(14-20(17)29-25(34)21-15-28-22-7-5-6-11-33(21)22)24-30-23(37-31-24)13-18-10-12-32(16-18)26(35)36-27(2,3)4/h5-9,11,14-15,18H,10,12-13,16H2,1-4H3,(H,29,34)/t18-/m1/s1. The summed E-state index contributed by atoms with van der Waals surface area (Å²) in [6.45, 7) is 8.75. The number of benzene rings is 1. The van der Waals surface area contributed by atoms with E-state index in [4.69, 9.17) is 9.26 Å². The highest BCUT2D eigenvalue weighted by molar-refractivity contribution is 6.04. The number of hydrogen-bond donors (Lipinski definition) is 1. The van der Waals surface area contributed by atoms with Gasteiger partial charge in [0.05, 0.1) is 6.20 Å². The fourth-order valence-electron chi connectivity index (χ4n) is 4.38. The van der Waals surface area contributed by atoms with Gasteiger partial charge in [-0.3, -0.25) is 9.20 Å². The topological polar surface area (TPSA) is 115 Å². The van der Waals surface area contributed by atoms with Crippen LogP contribution in [0.15, 0.2) is 53.3 Å². The largest absolute Gasteiger partial charge is 0.444 e. The number of pyridine rings is 1. The Kier molecular flexibility index (Phi) is 6.41. The maximum Gasteiger partial charge on any atom is 0.410 e. The number of aromatic nitrogens is 4. The van der Waals surface area contributed by atoms with E-state index in [2.05, 4.69) is 20.4 Å². The van der Waals surface area contributed by atoms with Crippen LogP contribution in [0.1, 0.15) is 49.1 Å². The maximum absolute atomic E-state index is 13.0. The first-order valence-electron chi connectivity index (χ1n) is 12.3. The number of anilines is 1. The molecule has 1 aromatic carbocycles. The highest BCUT2D eigenvalue weighted by Gasteiger charge is 2.31. The van der Waals surface area contributed by atoms with Crippen LogP contribution in [0.3, 0.4) is 0 Å². The van der Waals surface area contributed by atoms with Crippen molar-refractivity contribution in [2.45, 2.75) is 46.1 Å². The summed E-state index contributed by atoms with van der Waals surface area (Å²) in [5.74, 6) is 0.924. The molecule has 1 saturated heterocycles. The Labute approximate surface area is 214 Å². The van der Waals surface area contributed by atoms with Gasteiger partial charge in [-0.1, -0.05) is 23.4 Å². The number of carbonyl (C=O) groups excluding carboxylic acids is 2. The molecular weight excluding hydrogens is 472 g/mol. The van der Waals surface area contributed by atoms with E-state index in [1.54, 1.807) is 21.7 Å². The fourth-order valence-corrected chi connectivity index (χ4v) is 4.38. The SMILES string of the molecule is Cc1ccc(-c2noc(C[C@H]3CCN(C(=O)OC(C)(C)C)C3)n2)cc1NC(=O)c1cnc2ccccn12. The van der Waals surface area contributed by atoms with Gasteiger partial charge in [0.15, 0.2) is 0 Å². The molecule has 0 unspecified atom stereocenters. The first-order valence-corrected chi connectivity index (χ1v) is 12.3. The van der Waals surface area contributed by atoms with Crippen LogP contribution in [-0.4, -0.2) is 55.1 Å². The zero-order valence-electron chi connectivity index (χ0n) is 21.4. The molecule has 5 rings (SSSR count). The van der Waals surface area contributed by atoms with Gasteiger partial charge in [-0.15, -0.1) is 0 Å². The molecule has 1 fully saturated rings. The first kappa shape index (κ1) is 24.5. The summed E-state index contributed by atoms with van der Waals surface area (Å²) < 4.78 is 12.7. The van der Waals surface area contributed by atoms with Gasteiger partial charge in [-0.25, -0.2) is 9.78 Å². The molecule has 1 aliphatic rings. The molecule has 1 aliphatic heterocycles. The second kappa shape index (κ2) is 9.68. The van der Waals surface area contributed by atoms with Crippen molar-refractivity contribution in [3.05, 3.63) is 65.9 Å². The Hall–Kier alpha value is -4.21. The van der Waals surface area contributed by atoms with E-state index >= 15 is 0 Å². The molecule has 1 atom stereocenters. The summed E-state index contributed by atoms with van der Waals surface area (Å²) in [6.07, 6.45) is 4.50. The molecule has 0 radical (unpaired) electrons. The minimum absolute atomic E-state index is 0.221. The minimum Gasteiger partial charge on any atom is -0.444 e. The van der Waals surface area contributed by atoms with Crippen LogP contribution in [0.5, 0.6) is 0 Å². The van der Waals surface area contributed by atoms with Crippen molar-refractivity contribution in [1.82, 2.24) is 24.4 Å². The second-order valence-corrected chi connectivity index (χ2v) is 10.4. The number of amides is 2. The van der Waals surface area contributed by atoms with Crippen molar-refractivity contribution in [2.24, 2.45) is 5.92 Å². The smallest absolute Gasteiger partial charge is 0.410 e. The number of likely N-dealkylation sites (tertiary alicyclic amines) is 1. The lowest BCUT2D eigenvalue weighted by Crippen LogP contribution is -2.35. The van der Waals surface area contributed by atoms with E-state index in [9.17, 15) is 9.59 Å². The van der Waals surface area contributed by atoms with Gasteiger partial charge in [0.25, 0.3) is 5.91 Å². The Morgan fingerprint density at radius 3 is 2.86 bits per heavy atom. The summed E-state index contributed by atoms with van der Waals surface area (Å²) in [4.78, 5) is 35.9. The van der Waals surface area contributed by atoms with Crippen LogP contribution < -0.4 is 5.32 Å². The van der Waals surface area contributed by atoms with Crippen LogP contribution in [0.2, 0.25) is 0 Å². The second-order valence-electron chi connectivity index (χ2n) is 10.4. The van der Waals surface area contributed by atoms with Crippen LogP contribution in [0.25, 0.3) is 17.0 Å². The number of nitrogens with one attached hydrogen (secondary N) is 1. The Bertz CT molecular complexity index is 1450. The van der Waals surface area contributed by atoms with Crippen LogP contribution in [-0.2, 0) is 11.2 Å². The summed E-state index contributed by atoms with van der Waals surface area (Å²) >= 11 is 0. The van der Waals surface area contributed by atoms with E-state index in [0.717, 1.165) is 17.5 Å². The van der Waals surface area contributed by atoms with Crippen molar-refractivity contribution < 1.29 is 18.8 Å². The number of carbonyl (C=O) groups is 2. The van der Waals surface area contributed by atoms with Gasteiger partial charge < -0.3 is 19.5 Å². The van der Waals surface area contributed by atoms with Crippen LogP contribution in [0, 0.1) is 12.8 Å². The van der Waals surface area contributed by atoms with Crippen molar-refractivity contribution in [2.75, 3.05) is 18.4 Å². The minimum atomic E-state index is -0.518. The number of hydrogen-bond acceptors (Lipinski definition) is 7. The predicted molar refractivity (Wildman–Crippen MR) is 137 cm³/mol. The molecule has 1 N–H and O–H groups in total. The van der Waals surface area contributed by atoms with E-state index in [1.165, 1.54) is 0 Å². The Balaban J connectivity index is 1.25. The third-order valence-electron chi connectivity index (χ3n) is 6.26. The average Bonchev–Trinajstić information content (AvgIpc) is 3.59. The number of imidazole rings is 1. The van der Waals surface area contributed by atoms with Gasteiger partial charge in [0.1, 0.15) is 16.9 Å². The molecule has 0 spiro atoms. The Morgan fingerprint density at radius 2 is 2.05 bits per heavy atom. The number of fused-ring (bicyclic) bond motifs is 1. The normalized spacial score (nSPS) is 15.8. The lowest BCUT2D eigenvalue weighted by molar-refractivity contribution is 0.0287. The molecule has 4 heterocycles. The van der Waals surface area contributed by atoms with Gasteiger partial charge in [0, 0.05) is 37.0 Å². The van der Waals surface area contributed by atoms with Gasteiger partial charge in [-0.05, 0) is 63.8 Å². The fraction of sp³-hybridized carbons (Fsp3) is 0.370. The third kappa shape index (κ3) is 5.47. The maximum atomic E-state index is 13.0. The predicted octanol–water partition coefficient (Wildman–Crippen LogP) is 4.74. The lowest BCUT2D eigenvalue weighted by Gasteiger charge is -2.24. The zero-order valence-corrected chi connectivity index (χ0v) is 21.4. The quantitative estimate of drug-likeness (QED) is 0.419. The first-order chi connectivity index (χ1) is 17.7. The molecular formula is C27H30N6O4. The van der Waals surface area contributed by atoms with Crippen LogP contribution >= 0.6 is 0 Å². The molecule has 4 aromatic rings. The number of nitrogens with zero attached hydrogens (tertiary/aromatic N) is 5. The molecule has 10 heteroatoms. The highest BCUT2D eigenvalue weighted by Crippen LogP contribution is 2.26. The lowest BCUT2D eigenvalue weighted by atomic mass is 10.1. The van der Waals surface area contributed by atoms with Crippen molar-refractivity contribution in [3.63, 3.8) is 0 Å². The third-order valence-corrected chi connectivity index (χ3v) is 6.26.